The molecule has 2 rings (SSSR count). The van der Waals surface area contributed by atoms with E-state index in [1.165, 1.54) is 6.92 Å². The lowest BCUT2D eigenvalue weighted by atomic mass is 10.1. The zero-order valence-electron chi connectivity index (χ0n) is 13.6. The molecule has 0 heterocycles. The molecule has 0 unspecified atom stereocenters. The van der Waals surface area contributed by atoms with E-state index in [-0.39, 0.29) is 5.78 Å². The van der Waals surface area contributed by atoms with Crippen molar-refractivity contribution in [3.8, 4) is 29.1 Å². The summed E-state index contributed by atoms with van der Waals surface area (Å²) in [6.45, 7) is 1.54. The summed E-state index contributed by atoms with van der Waals surface area (Å²) in [5, 5.41) is 0. The molecule has 0 aromatic heterocycles. The quantitative estimate of drug-likeness (QED) is 0.642. The number of ketones is 1. The molecule has 0 N–H and O–H groups in total. The molecule has 118 valence electrons. The Hall–Kier alpha value is -2.93. The molecule has 0 radical (unpaired) electrons. The van der Waals surface area contributed by atoms with Crippen molar-refractivity contribution in [2.45, 2.75) is 6.92 Å². The molecular weight excluding hydrogens is 292 g/mol. The van der Waals surface area contributed by atoms with Gasteiger partial charge in [-0.15, -0.1) is 0 Å². The number of carbonyl (C=O) groups excluding carboxylic acids is 1. The molecule has 23 heavy (non-hydrogen) atoms. The van der Waals surface area contributed by atoms with Gasteiger partial charge in [0, 0.05) is 16.7 Å². The number of carbonyl (C=O) groups is 1. The molecule has 0 fully saturated rings. The molecule has 0 atom stereocenters. The van der Waals surface area contributed by atoms with Crippen molar-refractivity contribution in [1.82, 2.24) is 0 Å². The monoisotopic (exact) mass is 310 g/mol. The van der Waals surface area contributed by atoms with Crippen molar-refractivity contribution in [3.63, 3.8) is 0 Å². The minimum Gasteiger partial charge on any atom is -0.493 e. The van der Waals surface area contributed by atoms with Gasteiger partial charge in [-0.1, -0.05) is 24.0 Å². The maximum atomic E-state index is 11.3. The number of benzene rings is 2. The summed E-state index contributed by atoms with van der Waals surface area (Å²) in [5.41, 5.74) is 2.24. The molecule has 2 aromatic carbocycles. The largest absolute Gasteiger partial charge is 0.493 e. The minimum absolute atomic E-state index is 0.0362. The predicted octanol–water partition coefficient (Wildman–Crippen LogP) is 3.31. The highest BCUT2D eigenvalue weighted by Crippen LogP contribution is 2.37. The molecule has 2 aromatic rings. The van der Waals surface area contributed by atoms with Crippen LogP contribution in [0.4, 0.5) is 0 Å². The zero-order chi connectivity index (χ0) is 16.8. The van der Waals surface area contributed by atoms with Gasteiger partial charge in [-0.2, -0.15) is 0 Å². The Morgan fingerprint density at radius 1 is 0.826 bits per heavy atom. The molecule has 4 nitrogen and oxygen atoms in total. The second-order valence-corrected chi connectivity index (χ2v) is 4.80. The van der Waals surface area contributed by atoms with Crippen molar-refractivity contribution >= 4 is 5.78 Å². The van der Waals surface area contributed by atoms with Crippen LogP contribution in [0.25, 0.3) is 0 Å². The number of hydrogen-bond donors (Lipinski definition) is 0. The van der Waals surface area contributed by atoms with Gasteiger partial charge in [0.1, 0.15) is 0 Å². The molecule has 4 heteroatoms. The van der Waals surface area contributed by atoms with Crippen LogP contribution in [0.15, 0.2) is 36.4 Å². The summed E-state index contributed by atoms with van der Waals surface area (Å²) in [4.78, 5) is 11.3. The van der Waals surface area contributed by atoms with Crippen molar-refractivity contribution in [3.05, 3.63) is 53.1 Å². The summed E-state index contributed by atoms with van der Waals surface area (Å²) in [7, 11) is 4.69. The van der Waals surface area contributed by atoms with Gasteiger partial charge >= 0.3 is 0 Å². The predicted molar refractivity (Wildman–Crippen MR) is 88.5 cm³/mol. The summed E-state index contributed by atoms with van der Waals surface area (Å²) < 4.78 is 15.9. The van der Waals surface area contributed by atoms with Gasteiger partial charge in [0.15, 0.2) is 17.3 Å². The van der Waals surface area contributed by atoms with E-state index in [0.717, 1.165) is 11.1 Å². The fraction of sp³-hybridized carbons (Fsp3) is 0.211. The molecule has 0 aliphatic rings. The first-order valence-corrected chi connectivity index (χ1v) is 7.02. The van der Waals surface area contributed by atoms with Crippen LogP contribution in [-0.2, 0) is 0 Å². The third-order valence-electron chi connectivity index (χ3n) is 3.31. The summed E-state index contributed by atoms with van der Waals surface area (Å²) in [6.07, 6.45) is 0. The number of Topliss-reactive ketones (excluding diaryl/α,β-unsaturated/α-hetero) is 1. The van der Waals surface area contributed by atoms with Crippen molar-refractivity contribution in [2.75, 3.05) is 21.3 Å². The topological polar surface area (TPSA) is 44.8 Å². The van der Waals surface area contributed by atoms with Gasteiger partial charge in [0.05, 0.1) is 21.3 Å². The molecule has 0 bridgehead atoms. The van der Waals surface area contributed by atoms with Gasteiger partial charge in [-0.25, -0.2) is 0 Å². The van der Waals surface area contributed by atoms with Gasteiger partial charge < -0.3 is 14.2 Å². The lowest BCUT2D eigenvalue weighted by molar-refractivity contribution is 0.101. The zero-order valence-corrected chi connectivity index (χ0v) is 13.6. The van der Waals surface area contributed by atoms with E-state index in [4.69, 9.17) is 14.2 Å². The van der Waals surface area contributed by atoms with Gasteiger partial charge in [0.2, 0.25) is 5.75 Å². The van der Waals surface area contributed by atoms with Crippen LogP contribution in [-0.4, -0.2) is 27.1 Å². The van der Waals surface area contributed by atoms with Gasteiger partial charge in [-0.05, 0) is 31.2 Å². The molecule has 0 spiro atoms. The van der Waals surface area contributed by atoms with E-state index in [2.05, 4.69) is 11.8 Å². The highest BCUT2D eigenvalue weighted by Gasteiger charge is 2.12. The highest BCUT2D eigenvalue weighted by atomic mass is 16.5. The maximum absolute atomic E-state index is 11.3. The van der Waals surface area contributed by atoms with Crippen LogP contribution in [0.5, 0.6) is 17.2 Å². The van der Waals surface area contributed by atoms with Crippen LogP contribution in [0.2, 0.25) is 0 Å². The van der Waals surface area contributed by atoms with Crippen molar-refractivity contribution in [1.29, 1.82) is 0 Å². The number of methoxy groups -OCH3 is 3. The van der Waals surface area contributed by atoms with E-state index < -0.39 is 0 Å². The Labute approximate surface area is 136 Å². The number of rotatable bonds is 4. The molecule has 0 aliphatic heterocycles. The van der Waals surface area contributed by atoms with E-state index in [1.54, 1.807) is 45.6 Å². The molecule has 0 saturated carbocycles. The normalized spacial score (nSPS) is 9.57. The van der Waals surface area contributed by atoms with Crippen LogP contribution >= 0.6 is 0 Å². The summed E-state index contributed by atoms with van der Waals surface area (Å²) >= 11 is 0. The molecule has 0 amide bonds. The van der Waals surface area contributed by atoms with E-state index in [0.29, 0.717) is 22.8 Å². The molecule has 0 saturated heterocycles. The minimum atomic E-state index is 0.0362. The smallest absolute Gasteiger partial charge is 0.203 e. The van der Waals surface area contributed by atoms with Crippen molar-refractivity contribution < 1.29 is 19.0 Å². The van der Waals surface area contributed by atoms with Gasteiger partial charge in [-0.3, -0.25) is 4.79 Å². The Morgan fingerprint density at radius 3 is 1.78 bits per heavy atom. The van der Waals surface area contributed by atoms with Crippen LogP contribution in [0.1, 0.15) is 28.4 Å². The first-order chi connectivity index (χ1) is 11.1. The number of hydrogen-bond acceptors (Lipinski definition) is 4. The Bertz CT molecular complexity index is 739. The second kappa shape index (κ2) is 7.37. The summed E-state index contributed by atoms with van der Waals surface area (Å²) in [6, 6.07) is 10.8. The lowest BCUT2D eigenvalue weighted by Gasteiger charge is -2.12. The maximum Gasteiger partial charge on any atom is 0.203 e. The molecule has 0 aliphatic carbocycles. The standard InChI is InChI=1S/C19H18O4/c1-13(20)16-9-7-14(8-10-16)5-6-15-11-17(21-2)19(23-4)18(12-15)22-3/h7-12H,1-4H3. The highest BCUT2D eigenvalue weighted by molar-refractivity contribution is 5.94. The van der Waals surface area contributed by atoms with Crippen LogP contribution < -0.4 is 14.2 Å². The average molecular weight is 310 g/mol. The van der Waals surface area contributed by atoms with E-state index in [1.807, 2.05) is 12.1 Å². The lowest BCUT2D eigenvalue weighted by Crippen LogP contribution is -1.95. The van der Waals surface area contributed by atoms with E-state index in [9.17, 15) is 4.79 Å². The SMILES string of the molecule is COc1cc(C#Cc2ccc(C(C)=O)cc2)cc(OC)c1OC. The van der Waals surface area contributed by atoms with Crippen LogP contribution in [0, 0.1) is 11.8 Å². The summed E-state index contributed by atoms with van der Waals surface area (Å²) in [5.74, 6) is 7.80. The first-order valence-electron chi connectivity index (χ1n) is 7.02. The van der Waals surface area contributed by atoms with Crippen molar-refractivity contribution in [2.24, 2.45) is 0 Å². The fourth-order valence-corrected chi connectivity index (χ4v) is 2.09. The van der Waals surface area contributed by atoms with Gasteiger partial charge in [0.25, 0.3) is 0 Å². The molecular formula is C19H18O4. The van der Waals surface area contributed by atoms with Crippen LogP contribution in [0.3, 0.4) is 0 Å². The Kier molecular flexibility index (Phi) is 5.27. The Balaban J connectivity index is 2.35. The van der Waals surface area contributed by atoms with E-state index >= 15 is 0 Å². The fourth-order valence-electron chi connectivity index (χ4n) is 2.09. The second-order valence-electron chi connectivity index (χ2n) is 4.80. The third kappa shape index (κ3) is 3.83. The average Bonchev–Trinajstić information content (AvgIpc) is 2.59. The number of ether oxygens (including phenoxy) is 3. The Morgan fingerprint density at radius 2 is 1.35 bits per heavy atom. The first kappa shape index (κ1) is 16.4. The third-order valence-corrected chi connectivity index (χ3v) is 3.31.